The van der Waals surface area contributed by atoms with Crippen molar-refractivity contribution in [2.75, 3.05) is 7.11 Å². The Morgan fingerprint density at radius 1 is 1.50 bits per heavy atom. The summed E-state index contributed by atoms with van der Waals surface area (Å²) in [5, 5.41) is 0. The van der Waals surface area contributed by atoms with Gasteiger partial charge in [-0.05, 0) is 31.0 Å². The largest absolute Gasteiger partial charge is 0.469 e. The molecule has 2 aromatic rings. The van der Waals surface area contributed by atoms with Gasteiger partial charge in [-0.25, -0.2) is 4.98 Å². The highest BCUT2D eigenvalue weighted by Crippen LogP contribution is 2.14. The number of hydrogen-bond acceptors (Lipinski definition) is 3. The predicted octanol–water partition coefficient (Wildman–Crippen LogP) is 1.98. The van der Waals surface area contributed by atoms with E-state index >= 15 is 0 Å². The Morgan fingerprint density at radius 3 is 3.06 bits per heavy atom. The van der Waals surface area contributed by atoms with Crippen molar-refractivity contribution in [2.24, 2.45) is 0 Å². The van der Waals surface area contributed by atoms with Gasteiger partial charge in [0.25, 0.3) is 0 Å². The zero-order valence-corrected chi connectivity index (χ0v) is 9.41. The molecule has 0 fully saturated rings. The molecule has 1 heterocycles. The normalized spacial score (nSPS) is 10.6. The van der Waals surface area contributed by atoms with Gasteiger partial charge in [-0.2, -0.15) is 0 Å². The van der Waals surface area contributed by atoms with Gasteiger partial charge in [-0.15, -0.1) is 0 Å². The highest BCUT2D eigenvalue weighted by Gasteiger charge is 2.04. The third-order valence-corrected chi connectivity index (χ3v) is 2.51. The molecular formula is C12H14N2O2. The summed E-state index contributed by atoms with van der Waals surface area (Å²) in [7, 11) is 1.41. The lowest BCUT2D eigenvalue weighted by atomic mass is 10.1. The molecule has 1 aromatic heterocycles. The fraction of sp³-hybridized carbons (Fsp3) is 0.333. The van der Waals surface area contributed by atoms with Gasteiger partial charge in [0.2, 0.25) is 0 Å². The molecule has 1 aromatic carbocycles. The highest BCUT2D eigenvalue weighted by atomic mass is 16.5. The number of nitrogens with zero attached hydrogens (tertiary/aromatic N) is 1. The number of methoxy groups -OCH3 is 1. The van der Waals surface area contributed by atoms with Gasteiger partial charge in [0, 0.05) is 6.42 Å². The zero-order valence-electron chi connectivity index (χ0n) is 9.41. The molecular weight excluding hydrogens is 204 g/mol. The fourth-order valence-corrected chi connectivity index (χ4v) is 1.69. The SMILES string of the molecule is COC(=O)CCc1ccc2nc(C)[nH]c2c1. The van der Waals surface area contributed by atoms with E-state index < -0.39 is 0 Å². The molecule has 16 heavy (non-hydrogen) atoms. The Labute approximate surface area is 93.6 Å². The Kier molecular flexibility index (Phi) is 2.90. The average Bonchev–Trinajstić information content (AvgIpc) is 2.65. The van der Waals surface area contributed by atoms with Crippen molar-refractivity contribution >= 4 is 17.0 Å². The lowest BCUT2D eigenvalue weighted by Crippen LogP contribution is -2.01. The van der Waals surface area contributed by atoms with Crippen molar-refractivity contribution in [3.05, 3.63) is 29.6 Å². The van der Waals surface area contributed by atoms with E-state index in [4.69, 9.17) is 0 Å². The number of nitrogens with one attached hydrogen (secondary N) is 1. The summed E-state index contributed by atoms with van der Waals surface area (Å²) in [5.41, 5.74) is 3.08. The highest BCUT2D eigenvalue weighted by molar-refractivity contribution is 5.76. The van der Waals surface area contributed by atoms with E-state index in [0.717, 1.165) is 22.4 Å². The summed E-state index contributed by atoms with van der Waals surface area (Å²) in [6.45, 7) is 1.92. The Balaban J connectivity index is 2.16. The van der Waals surface area contributed by atoms with E-state index in [2.05, 4.69) is 14.7 Å². The van der Waals surface area contributed by atoms with Crippen LogP contribution >= 0.6 is 0 Å². The van der Waals surface area contributed by atoms with Crippen molar-refractivity contribution in [3.8, 4) is 0 Å². The summed E-state index contributed by atoms with van der Waals surface area (Å²) < 4.78 is 4.60. The van der Waals surface area contributed by atoms with Crippen LogP contribution in [0.1, 0.15) is 17.8 Å². The average molecular weight is 218 g/mol. The Morgan fingerprint density at radius 2 is 2.31 bits per heavy atom. The molecule has 0 saturated carbocycles. The first-order valence-corrected chi connectivity index (χ1v) is 5.21. The van der Waals surface area contributed by atoms with Crippen molar-refractivity contribution in [3.63, 3.8) is 0 Å². The third-order valence-electron chi connectivity index (χ3n) is 2.51. The van der Waals surface area contributed by atoms with E-state index in [1.165, 1.54) is 7.11 Å². The van der Waals surface area contributed by atoms with Crippen LogP contribution in [-0.2, 0) is 16.0 Å². The number of imidazole rings is 1. The molecule has 0 aliphatic carbocycles. The van der Waals surface area contributed by atoms with Crippen LogP contribution in [0.25, 0.3) is 11.0 Å². The number of carbonyl (C=O) groups excluding carboxylic acids is 1. The molecule has 0 aliphatic heterocycles. The maximum Gasteiger partial charge on any atom is 0.305 e. The Bertz CT molecular complexity index is 517. The first-order chi connectivity index (χ1) is 7.69. The maximum atomic E-state index is 11.0. The molecule has 0 saturated heterocycles. The summed E-state index contributed by atoms with van der Waals surface area (Å²) in [5.74, 6) is 0.723. The second kappa shape index (κ2) is 4.35. The molecule has 0 amide bonds. The first kappa shape index (κ1) is 10.7. The van der Waals surface area contributed by atoms with Gasteiger partial charge in [-0.3, -0.25) is 4.79 Å². The van der Waals surface area contributed by atoms with Crippen LogP contribution in [0.3, 0.4) is 0 Å². The van der Waals surface area contributed by atoms with Gasteiger partial charge in [0.05, 0.1) is 18.1 Å². The maximum absolute atomic E-state index is 11.0. The number of carbonyl (C=O) groups is 1. The first-order valence-electron chi connectivity index (χ1n) is 5.21. The standard InChI is InChI=1S/C12H14N2O2/c1-8-13-10-5-3-9(7-11(10)14-8)4-6-12(15)16-2/h3,5,7H,4,6H2,1-2H3,(H,13,14). The van der Waals surface area contributed by atoms with Crippen LogP contribution in [-0.4, -0.2) is 23.0 Å². The summed E-state index contributed by atoms with van der Waals surface area (Å²) in [6.07, 6.45) is 1.11. The van der Waals surface area contributed by atoms with Crippen LogP contribution < -0.4 is 0 Å². The number of rotatable bonds is 3. The molecule has 0 radical (unpaired) electrons. The second-order valence-electron chi connectivity index (χ2n) is 3.75. The topological polar surface area (TPSA) is 55.0 Å². The molecule has 0 atom stereocenters. The second-order valence-corrected chi connectivity index (χ2v) is 3.75. The molecule has 4 heteroatoms. The van der Waals surface area contributed by atoms with Crippen LogP contribution in [0.4, 0.5) is 0 Å². The smallest absolute Gasteiger partial charge is 0.305 e. The van der Waals surface area contributed by atoms with E-state index in [0.29, 0.717) is 12.8 Å². The summed E-state index contributed by atoms with van der Waals surface area (Å²) in [6, 6.07) is 5.98. The zero-order chi connectivity index (χ0) is 11.5. The number of benzene rings is 1. The van der Waals surface area contributed by atoms with Gasteiger partial charge < -0.3 is 9.72 Å². The van der Waals surface area contributed by atoms with Gasteiger partial charge in [0.15, 0.2) is 0 Å². The fourth-order valence-electron chi connectivity index (χ4n) is 1.69. The van der Waals surface area contributed by atoms with E-state index in [1.807, 2.05) is 25.1 Å². The number of hydrogen-bond donors (Lipinski definition) is 1. The minimum Gasteiger partial charge on any atom is -0.469 e. The lowest BCUT2D eigenvalue weighted by molar-refractivity contribution is -0.140. The predicted molar refractivity (Wildman–Crippen MR) is 61.2 cm³/mol. The molecule has 0 spiro atoms. The van der Waals surface area contributed by atoms with Crippen molar-refractivity contribution < 1.29 is 9.53 Å². The summed E-state index contributed by atoms with van der Waals surface area (Å²) >= 11 is 0. The quantitative estimate of drug-likeness (QED) is 0.801. The number of H-pyrrole nitrogens is 1. The number of aryl methyl sites for hydroxylation is 2. The third kappa shape index (κ3) is 2.21. The van der Waals surface area contributed by atoms with Crippen molar-refractivity contribution in [2.45, 2.75) is 19.8 Å². The van der Waals surface area contributed by atoms with Crippen LogP contribution in [0, 0.1) is 6.92 Å². The number of aromatic amines is 1. The van der Waals surface area contributed by atoms with Crippen molar-refractivity contribution in [1.82, 2.24) is 9.97 Å². The molecule has 4 nitrogen and oxygen atoms in total. The van der Waals surface area contributed by atoms with Crippen LogP contribution in [0.2, 0.25) is 0 Å². The number of esters is 1. The molecule has 0 aliphatic rings. The van der Waals surface area contributed by atoms with E-state index in [-0.39, 0.29) is 5.97 Å². The summed E-state index contributed by atoms with van der Waals surface area (Å²) in [4.78, 5) is 18.5. The number of fused-ring (bicyclic) bond motifs is 1. The van der Waals surface area contributed by atoms with Gasteiger partial charge >= 0.3 is 5.97 Å². The minimum absolute atomic E-state index is 0.180. The number of ether oxygens (including phenoxy) is 1. The molecule has 0 unspecified atom stereocenters. The van der Waals surface area contributed by atoms with Gasteiger partial charge in [-0.1, -0.05) is 6.07 Å². The monoisotopic (exact) mass is 218 g/mol. The lowest BCUT2D eigenvalue weighted by Gasteiger charge is -2.00. The van der Waals surface area contributed by atoms with Gasteiger partial charge in [0.1, 0.15) is 5.82 Å². The Hall–Kier alpha value is -1.84. The van der Waals surface area contributed by atoms with Crippen LogP contribution in [0.15, 0.2) is 18.2 Å². The molecule has 2 rings (SSSR count). The van der Waals surface area contributed by atoms with E-state index in [1.54, 1.807) is 0 Å². The van der Waals surface area contributed by atoms with E-state index in [9.17, 15) is 4.79 Å². The number of aromatic nitrogens is 2. The molecule has 84 valence electrons. The van der Waals surface area contributed by atoms with Crippen LogP contribution in [0.5, 0.6) is 0 Å². The minimum atomic E-state index is -0.180. The van der Waals surface area contributed by atoms with Crippen molar-refractivity contribution in [1.29, 1.82) is 0 Å². The molecule has 1 N–H and O–H groups in total. The molecule has 0 bridgehead atoms.